The standard InChI is InChI=1S/C14H19BrN2O2.ClH/c1-19-7-6-14(4-5-14)9-17-13(18)11-3-2-10(15)8-12(11)16;/h2-3,8H,4-7,9,16H2,1H3,(H,17,18);1H. The average molecular weight is 364 g/mol. The van der Waals surface area contributed by atoms with Gasteiger partial charge in [0.25, 0.3) is 5.91 Å². The number of methoxy groups -OCH3 is 1. The monoisotopic (exact) mass is 362 g/mol. The SMILES string of the molecule is COCCC1(CNC(=O)c2ccc(Br)cc2N)CC1.Cl. The first-order valence-corrected chi connectivity index (χ1v) is 7.18. The van der Waals surface area contributed by atoms with Crippen LogP contribution in [-0.4, -0.2) is 26.2 Å². The minimum Gasteiger partial charge on any atom is -0.398 e. The lowest BCUT2D eigenvalue weighted by Gasteiger charge is -2.16. The van der Waals surface area contributed by atoms with Gasteiger partial charge in [-0.05, 0) is 42.9 Å². The number of amides is 1. The van der Waals surface area contributed by atoms with Gasteiger partial charge in [0.2, 0.25) is 0 Å². The zero-order valence-corrected chi connectivity index (χ0v) is 13.9. The largest absolute Gasteiger partial charge is 0.398 e. The molecule has 1 aliphatic carbocycles. The molecule has 0 heterocycles. The van der Waals surface area contributed by atoms with Crippen LogP contribution in [0.3, 0.4) is 0 Å². The van der Waals surface area contributed by atoms with E-state index in [9.17, 15) is 4.79 Å². The number of ether oxygens (including phenoxy) is 1. The van der Waals surface area contributed by atoms with Crippen molar-refractivity contribution in [2.24, 2.45) is 5.41 Å². The van der Waals surface area contributed by atoms with E-state index >= 15 is 0 Å². The summed E-state index contributed by atoms with van der Waals surface area (Å²) in [6.07, 6.45) is 3.32. The molecular formula is C14H20BrClN2O2. The summed E-state index contributed by atoms with van der Waals surface area (Å²) in [5, 5.41) is 2.98. The van der Waals surface area contributed by atoms with Gasteiger partial charge in [-0.2, -0.15) is 0 Å². The maximum Gasteiger partial charge on any atom is 0.253 e. The highest BCUT2D eigenvalue weighted by molar-refractivity contribution is 9.10. The zero-order chi connectivity index (χ0) is 13.9. The number of carbonyl (C=O) groups excluding carboxylic acids is 1. The van der Waals surface area contributed by atoms with E-state index < -0.39 is 0 Å². The summed E-state index contributed by atoms with van der Waals surface area (Å²) in [7, 11) is 1.71. The molecule has 1 aromatic rings. The molecule has 0 saturated heterocycles. The number of hydrogen-bond acceptors (Lipinski definition) is 3. The summed E-state index contributed by atoms with van der Waals surface area (Å²) in [6.45, 7) is 1.45. The number of nitrogens with one attached hydrogen (secondary N) is 1. The van der Waals surface area contributed by atoms with Crippen LogP contribution in [0, 0.1) is 5.41 Å². The Labute approximate surface area is 134 Å². The summed E-state index contributed by atoms with van der Waals surface area (Å²) < 4.78 is 5.98. The minimum atomic E-state index is -0.103. The van der Waals surface area contributed by atoms with Gasteiger partial charge in [-0.15, -0.1) is 12.4 Å². The zero-order valence-electron chi connectivity index (χ0n) is 11.4. The molecule has 0 aliphatic heterocycles. The predicted octanol–water partition coefficient (Wildman–Crippen LogP) is 3.00. The Balaban J connectivity index is 0.00000200. The van der Waals surface area contributed by atoms with Crippen molar-refractivity contribution >= 4 is 39.9 Å². The molecule has 0 spiro atoms. The van der Waals surface area contributed by atoms with E-state index in [1.165, 1.54) is 0 Å². The molecule has 0 bridgehead atoms. The maximum absolute atomic E-state index is 12.1. The Hall–Kier alpha value is -0.780. The number of anilines is 1. The number of nitrogen functional groups attached to an aromatic ring is 1. The van der Waals surface area contributed by atoms with Crippen molar-refractivity contribution in [2.75, 3.05) is 26.0 Å². The third-order valence-electron chi connectivity index (χ3n) is 3.68. The van der Waals surface area contributed by atoms with E-state index in [0.717, 1.165) is 30.3 Å². The number of nitrogens with two attached hydrogens (primary N) is 1. The number of halogens is 2. The molecule has 6 heteroatoms. The highest BCUT2D eigenvalue weighted by Crippen LogP contribution is 2.48. The molecule has 1 aromatic carbocycles. The predicted molar refractivity (Wildman–Crippen MR) is 86.3 cm³/mol. The quantitative estimate of drug-likeness (QED) is 0.764. The first-order valence-electron chi connectivity index (χ1n) is 6.38. The smallest absolute Gasteiger partial charge is 0.253 e. The molecule has 1 saturated carbocycles. The van der Waals surface area contributed by atoms with Gasteiger partial charge in [0.05, 0.1) is 5.56 Å². The lowest BCUT2D eigenvalue weighted by atomic mass is 10.0. The van der Waals surface area contributed by atoms with E-state index in [4.69, 9.17) is 10.5 Å². The van der Waals surface area contributed by atoms with E-state index in [0.29, 0.717) is 17.8 Å². The molecule has 0 aromatic heterocycles. The molecule has 0 unspecified atom stereocenters. The number of carbonyl (C=O) groups is 1. The van der Waals surface area contributed by atoms with Crippen LogP contribution in [0.4, 0.5) is 5.69 Å². The van der Waals surface area contributed by atoms with Crippen molar-refractivity contribution in [2.45, 2.75) is 19.3 Å². The van der Waals surface area contributed by atoms with Crippen molar-refractivity contribution in [3.63, 3.8) is 0 Å². The van der Waals surface area contributed by atoms with Crippen molar-refractivity contribution < 1.29 is 9.53 Å². The first kappa shape index (κ1) is 17.3. The third kappa shape index (κ3) is 4.36. The van der Waals surface area contributed by atoms with Gasteiger partial charge in [-0.1, -0.05) is 15.9 Å². The van der Waals surface area contributed by atoms with Gasteiger partial charge < -0.3 is 15.8 Å². The van der Waals surface area contributed by atoms with E-state index in [1.54, 1.807) is 19.2 Å². The second-order valence-corrected chi connectivity index (χ2v) is 6.07. The van der Waals surface area contributed by atoms with Gasteiger partial charge in [0.1, 0.15) is 0 Å². The molecule has 3 N–H and O–H groups in total. The van der Waals surface area contributed by atoms with Gasteiger partial charge >= 0.3 is 0 Å². The molecule has 4 nitrogen and oxygen atoms in total. The fourth-order valence-electron chi connectivity index (χ4n) is 2.11. The normalized spacial score (nSPS) is 15.3. The summed E-state index contributed by atoms with van der Waals surface area (Å²) >= 11 is 3.33. The maximum atomic E-state index is 12.1. The van der Waals surface area contributed by atoms with Crippen LogP contribution in [0.15, 0.2) is 22.7 Å². The molecule has 1 fully saturated rings. The van der Waals surface area contributed by atoms with E-state index in [-0.39, 0.29) is 23.7 Å². The fourth-order valence-corrected chi connectivity index (χ4v) is 2.49. The van der Waals surface area contributed by atoms with Crippen LogP contribution in [0.25, 0.3) is 0 Å². The first-order chi connectivity index (χ1) is 9.06. The topological polar surface area (TPSA) is 64.3 Å². The molecule has 112 valence electrons. The van der Waals surface area contributed by atoms with Crippen LogP contribution in [0.5, 0.6) is 0 Å². The molecule has 1 amide bonds. The molecule has 1 aliphatic rings. The lowest BCUT2D eigenvalue weighted by Crippen LogP contribution is -2.31. The van der Waals surface area contributed by atoms with Crippen molar-refractivity contribution in [3.8, 4) is 0 Å². The lowest BCUT2D eigenvalue weighted by molar-refractivity contribution is 0.0939. The molecule has 2 rings (SSSR count). The minimum absolute atomic E-state index is 0. The number of rotatable bonds is 6. The molecule has 20 heavy (non-hydrogen) atoms. The van der Waals surface area contributed by atoms with Crippen LogP contribution in [-0.2, 0) is 4.74 Å². The van der Waals surface area contributed by atoms with Crippen LogP contribution in [0.2, 0.25) is 0 Å². The van der Waals surface area contributed by atoms with Crippen LogP contribution in [0.1, 0.15) is 29.6 Å². The average Bonchev–Trinajstić information content (AvgIpc) is 3.14. The van der Waals surface area contributed by atoms with Crippen molar-refractivity contribution in [1.82, 2.24) is 5.32 Å². The Kier molecular flexibility index (Phi) is 6.30. The Morgan fingerprint density at radius 1 is 1.50 bits per heavy atom. The number of hydrogen-bond donors (Lipinski definition) is 2. The Morgan fingerprint density at radius 2 is 2.20 bits per heavy atom. The summed E-state index contributed by atoms with van der Waals surface area (Å²) in [6, 6.07) is 5.30. The van der Waals surface area contributed by atoms with Gasteiger partial charge in [-0.25, -0.2) is 0 Å². The summed E-state index contributed by atoms with van der Waals surface area (Å²) in [4.78, 5) is 12.1. The highest BCUT2D eigenvalue weighted by atomic mass is 79.9. The summed E-state index contributed by atoms with van der Waals surface area (Å²) in [5.41, 5.74) is 7.12. The Morgan fingerprint density at radius 3 is 2.75 bits per heavy atom. The number of benzene rings is 1. The van der Waals surface area contributed by atoms with Crippen molar-refractivity contribution in [1.29, 1.82) is 0 Å². The van der Waals surface area contributed by atoms with Crippen molar-refractivity contribution in [3.05, 3.63) is 28.2 Å². The summed E-state index contributed by atoms with van der Waals surface area (Å²) in [5.74, 6) is -0.103. The van der Waals surface area contributed by atoms with Crippen LogP contribution >= 0.6 is 28.3 Å². The van der Waals surface area contributed by atoms with Crippen LogP contribution < -0.4 is 11.1 Å². The van der Waals surface area contributed by atoms with E-state index in [1.807, 2.05) is 6.07 Å². The fraction of sp³-hybridized carbons (Fsp3) is 0.500. The van der Waals surface area contributed by atoms with Gasteiger partial charge in [0, 0.05) is 30.4 Å². The highest BCUT2D eigenvalue weighted by Gasteiger charge is 2.42. The van der Waals surface area contributed by atoms with E-state index in [2.05, 4.69) is 21.2 Å². The third-order valence-corrected chi connectivity index (χ3v) is 4.17. The second kappa shape index (κ2) is 7.29. The molecular weight excluding hydrogens is 344 g/mol. The second-order valence-electron chi connectivity index (χ2n) is 5.16. The van der Waals surface area contributed by atoms with Gasteiger partial charge in [-0.3, -0.25) is 4.79 Å². The molecule has 0 radical (unpaired) electrons. The molecule has 0 atom stereocenters. The van der Waals surface area contributed by atoms with Gasteiger partial charge in [0.15, 0.2) is 0 Å². The Bertz CT molecular complexity index is 478.